The first kappa shape index (κ1) is 12.8. The lowest BCUT2D eigenvalue weighted by Crippen LogP contribution is -2.24. The maximum atomic E-state index is 4.50. The Labute approximate surface area is 129 Å². The summed E-state index contributed by atoms with van der Waals surface area (Å²) in [5, 5.41) is 0. The van der Waals surface area contributed by atoms with E-state index in [9.17, 15) is 0 Å². The zero-order valence-electron chi connectivity index (χ0n) is 12.3. The first-order valence-electron chi connectivity index (χ1n) is 7.30. The van der Waals surface area contributed by atoms with E-state index in [1.54, 1.807) is 6.33 Å². The summed E-state index contributed by atoms with van der Waals surface area (Å²) in [7, 11) is 0. The van der Waals surface area contributed by atoms with Crippen LogP contribution in [-0.4, -0.2) is 16.6 Å². The highest BCUT2D eigenvalue weighted by molar-refractivity contribution is 5.84. The minimum Gasteiger partial charge on any atom is -0.318 e. The van der Waals surface area contributed by atoms with Gasteiger partial charge in [0.15, 0.2) is 5.82 Å². The molecule has 0 fully saturated rings. The molecular formula is C18H16N4. The molecule has 0 bridgehead atoms. The summed E-state index contributed by atoms with van der Waals surface area (Å²) in [5.41, 5.74) is 4.61. The Bertz CT molecular complexity index is 801. The van der Waals surface area contributed by atoms with E-state index < -0.39 is 0 Å². The van der Waals surface area contributed by atoms with Crippen LogP contribution in [0, 0.1) is 6.92 Å². The van der Waals surface area contributed by atoms with Crippen molar-refractivity contribution in [2.75, 3.05) is 16.5 Å². The standard InChI is InChI=1S/C18H16N4/c1-14-7-5-6-10-16(14)22-13-21(15-8-3-2-4-9-15)18-17(22)11-19-12-20-18/h2-12H,13H2,1H3. The van der Waals surface area contributed by atoms with E-state index in [1.165, 1.54) is 11.3 Å². The van der Waals surface area contributed by atoms with Gasteiger partial charge in [-0.2, -0.15) is 0 Å². The lowest BCUT2D eigenvalue weighted by Gasteiger charge is -2.22. The van der Waals surface area contributed by atoms with Crippen LogP contribution in [0.2, 0.25) is 0 Å². The van der Waals surface area contributed by atoms with Crippen molar-refractivity contribution in [3.05, 3.63) is 72.7 Å². The number of aromatic nitrogens is 2. The second-order valence-electron chi connectivity index (χ2n) is 5.35. The molecule has 0 atom stereocenters. The smallest absolute Gasteiger partial charge is 0.162 e. The molecular weight excluding hydrogens is 272 g/mol. The third-order valence-electron chi connectivity index (χ3n) is 3.98. The highest BCUT2D eigenvalue weighted by atomic mass is 15.4. The molecule has 0 aliphatic carbocycles. The summed E-state index contributed by atoms with van der Waals surface area (Å²) >= 11 is 0. The summed E-state index contributed by atoms with van der Waals surface area (Å²) in [6, 6.07) is 18.7. The Morgan fingerprint density at radius 2 is 1.64 bits per heavy atom. The lowest BCUT2D eigenvalue weighted by molar-refractivity contribution is 0.977. The zero-order chi connectivity index (χ0) is 14.9. The highest BCUT2D eigenvalue weighted by Crippen LogP contribution is 2.42. The third kappa shape index (κ3) is 2.00. The van der Waals surface area contributed by atoms with E-state index in [0.29, 0.717) is 0 Å². The van der Waals surface area contributed by atoms with E-state index >= 15 is 0 Å². The molecule has 1 aliphatic heterocycles. The fraction of sp³-hybridized carbons (Fsp3) is 0.111. The maximum Gasteiger partial charge on any atom is 0.162 e. The van der Waals surface area contributed by atoms with Crippen LogP contribution in [0.4, 0.5) is 22.9 Å². The van der Waals surface area contributed by atoms with Gasteiger partial charge >= 0.3 is 0 Å². The molecule has 1 aromatic heterocycles. The van der Waals surface area contributed by atoms with Gasteiger partial charge in [-0.1, -0.05) is 36.4 Å². The quantitative estimate of drug-likeness (QED) is 0.712. The lowest BCUT2D eigenvalue weighted by atomic mass is 10.2. The van der Waals surface area contributed by atoms with Gasteiger partial charge in [0.2, 0.25) is 0 Å². The largest absolute Gasteiger partial charge is 0.318 e. The molecule has 0 spiro atoms. The molecule has 4 heteroatoms. The van der Waals surface area contributed by atoms with E-state index in [4.69, 9.17) is 0 Å². The highest BCUT2D eigenvalue weighted by Gasteiger charge is 2.29. The topological polar surface area (TPSA) is 32.3 Å². The molecule has 2 aromatic carbocycles. The van der Waals surface area contributed by atoms with Crippen molar-refractivity contribution in [1.82, 2.24) is 9.97 Å². The number of anilines is 4. The molecule has 0 radical (unpaired) electrons. The van der Waals surface area contributed by atoms with Gasteiger partial charge in [0, 0.05) is 11.4 Å². The number of hydrogen-bond acceptors (Lipinski definition) is 4. The van der Waals surface area contributed by atoms with Crippen molar-refractivity contribution in [3.8, 4) is 0 Å². The monoisotopic (exact) mass is 288 g/mol. The molecule has 0 amide bonds. The van der Waals surface area contributed by atoms with Crippen LogP contribution in [0.25, 0.3) is 0 Å². The van der Waals surface area contributed by atoms with E-state index in [0.717, 1.165) is 23.9 Å². The van der Waals surface area contributed by atoms with Gasteiger partial charge in [0.05, 0.1) is 6.20 Å². The molecule has 1 aliphatic rings. The molecule has 0 N–H and O–H groups in total. The molecule has 22 heavy (non-hydrogen) atoms. The van der Waals surface area contributed by atoms with E-state index in [1.807, 2.05) is 24.4 Å². The average Bonchev–Trinajstić information content (AvgIpc) is 2.96. The molecule has 0 unspecified atom stereocenters. The Balaban J connectivity index is 1.83. The first-order valence-corrected chi connectivity index (χ1v) is 7.30. The van der Waals surface area contributed by atoms with Gasteiger partial charge in [-0.15, -0.1) is 0 Å². The number of benzene rings is 2. The number of hydrogen-bond donors (Lipinski definition) is 0. The Kier molecular flexibility index (Phi) is 3.00. The van der Waals surface area contributed by atoms with Crippen molar-refractivity contribution < 1.29 is 0 Å². The minimum atomic E-state index is 0.739. The van der Waals surface area contributed by atoms with Gasteiger partial charge in [-0.25, -0.2) is 9.97 Å². The second-order valence-corrected chi connectivity index (χ2v) is 5.35. The van der Waals surface area contributed by atoms with Crippen LogP contribution in [0.5, 0.6) is 0 Å². The maximum absolute atomic E-state index is 4.50. The minimum absolute atomic E-state index is 0.739. The third-order valence-corrected chi connectivity index (χ3v) is 3.98. The van der Waals surface area contributed by atoms with Gasteiger partial charge < -0.3 is 9.80 Å². The van der Waals surface area contributed by atoms with Crippen LogP contribution in [0.1, 0.15) is 5.56 Å². The van der Waals surface area contributed by atoms with Crippen LogP contribution < -0.4 is 9.80 Å². The zero-order valence-corrected chi connectivity index (χ0v) is 12.3. The van der Waals surface area contributed by atoms with Gasteiger partial charge in [-0.05, 0) is 30.7 Å². The van der Waals surface area contributed by atoms with Crippen LogP contribution in [0.3, 0.4) is 0 Å². The normalized spacial score (nSPS) is 13.3. The Hall–Kier alpha value is -2.88. The van der Waals surface area contributed by atoms with Crippen LogP contribution in [-0.2, 0) is 0 Å². The summed E-state index contributed by atoms with van der Waals surface area (Å²) in [4.78, 5) is 13.2. The predicted octanol–water partition coefficient (Wildman–Crippen LogP) is 4.03. The number of fused-ring (bicyclic) bond motifs is 1. The summed E-state index contributed by atoms with van der Waals surface area (Å²) < 4.78 is 0. The molecule has 2 heterocycles. The predicted molar refractivity (Wildman–Crippen MR) is 88.8 cm³/mol. The summed E-state index contributed by atoms with van der Waals surface area (Å²) in [6.07, 6.45) is 3.49. The molecule has 4 nitrogen and oxygen atoms in total. The molecule has 0 saturated heterocycles. The summed E-state index contributed by atoms with van der Waals surface area (Å²) in [6.45, 7) is 2.87. The van der Waals surface area contributed by atoms with Gasteiger partial charge in [0.1, 0.15) is 18.7 Å². The number of nitrogens with zero attached hydrogens (tertiary/aromatic N) is 4. The van der Waals surface area contributed by atoms with Crippen molar-refractivity contribution in [2.24, 2.45) is 0 Å². The average molecular weight is 288 g/mol. The molecule has 4 rings (SSSR count). The number of aryl methyl sites for hydroxylation is 1. The fourth-order valence-electron chi connectivity index (χ4n) is 2.88. The molecule has 3 aromatic rings. The summed E-state index contributed by atoms with van der Waals surface area (Å²) in [5.74, 6) is 0.949. The Morgan fingerprint density at radius 1 is 0.864 bits per heavy atom. The first-order chi connectivity index (χ1) is 10.8. The second kappa shape index (κ2) is 5.15. The van der Waals surface area contributed by atoms with E-state index in [-0.39, 0.29) is 0 Å². The molecule has 108 valence electrons. The molecule has 0 saturated carbocycles. The SMILES string of the molecule is Cc1ccccc1N1CN(c2ccccc2)c2ncncc21. The van der Waals surface area contributed by atoms with Crippen molar-refractivity contribution in [2.45, 2.75) is 6.92 Å². The van der Waals surface area contributed by atoms with E-state index in [2.05, 4.69) is 63.1 Å². The van der Waals surface area contributed by atoms with Crippen LogP contribution in [0.15, 0.2) is 67.1 Å². The number of para-hydroxylation sites is 2. The van der Waals surface area contributed by atoms with Gasteiger partial charge in [0.25, 0.3) is 0 Å². The number of rotatable bonds is 2. The van der Waals surface area contributed by atoms with Crippen molar-refractivity contribution in [3.63, 3.8) is 0 Å². The van der Waals surface area contributed by atoms with Crippen LogP contribution >= 0.6 is 0 Å². The van der Waals surface area contributed by atoms with Crippen molar-refractivity contribution >= 4 is 22.9 Å². The Morgan fingerprint density at radius 3 is 2.45 bits per heavy atom. The van der Waals surface area contributed by atoms with Gasteiger partial charge in [-0.3, -0.25) is 0 Å². The fourth-order valence-corrected chi connectivity index (χ4v) is 2.88. The van der Waals surface area contributed by atoms with Crippen molar-refractivity contribution in [1.29, 1.82) is 0 Å².